The summed E-state index contributed by atoms with van der Waals surface area (Å²) >= 11 is 0. The van der Waals surface area contributed by atoms with E-state index in [2.05, 4.69) is 32.7 Å². The van der Waals surface area contributed by atoms with Crippen LogP contribution in [0.2, 0.25) is 0 Å². The third-order valence-electron chi connectivity index (χ3n) is 4.41. The lowest BCUT2D eigenvalue weighted by atomic mass is 10.3. The Morgan fingerprint density at radius 2 is 2.25 bits per heavy atom. The number of halogens is 1. The van der Waals surface area contributed by atoms with Crippen molar-refractivity contribution in [3.05, 3.63) is 30.2 Å². The third kappa shape index (κ3) is 7.17. The SMILES string of the molecule is CCNC(=NCCCc1nnc2ccccn12)NCCCOC1CCOC1.I. The second kappa shape index (κ2) is 12.9. The number of hydrogen-bond acceptors (Lipinski definition) is 5. The molecule has 1 atom stereocenters. The normalized spacial score (nSPS) is 16.9. The van der Waals surface area contributed by atoms with E-state index in [-0.39, 0.29) is 30.1 Å². The number of ether oxygens (including phenoxy) is 2. The third-order valence-corrected chi connectivity index (χ3v) is 4.41. The molecule has 9 heteroatoms. The Kier molecular flexibility index (Phi) is 10.5. The number of aromatic nitrogens is 3. The molecule has 3 rings (SSSR count). The molecule has 0 spiro atoms. The molecule has 28 heavy (non-hydrogen) atoms. The van der Waals surface area contributed by atoms with Crippen molar-refractivity contribution in [1.29, 1.82) is 0 Å². The Labute approximate surface area is 183 Å². The van der Waals surface area contributed by atoms with Crippen LogP contribution < -0.4 is 10.6 Å². The zero-order valence-electron chi connectivity index (χ0n) is 16.5. The van der Waals surface area contributed by atoms with Crippen molar-refractivity contribution in [2.45, 2.75) is 38.7 Å². The number of pyridine rings is 1. The maximum atomic E-state index is 5.78. The zero-order valence-corrected chi connectivity index (χ0v) is 18.8. The predicted molar refractivity (Wildman–Crippen MR) is 120 cm³/mol. The van der Waals surface area contributed by atoms with E-state index in [1.54, 1.807) is 0 Å². The average Bonchev–Trinajstić information content (AvgIpc) is 3.35. The lowest BCUT2D eigenvalue weighted by Gasteiger charge is -2.12. The number of nitrogens with one attached hydrogen (secondary N) is 2. The monoisotopic (exact) mass is 502 g/mol. The van der Waals surface area contributed by atoms with Gasteiger partial charge < -0.3 is 20.1 Å². The highest BCUT2D eigenvalue weighted by Gasteiger charge is 2.15. The minimum atomic E-state index is 0. The Bertz CT molecular complexity index is 717. The molecule has 2 aromatic heterocycles. The zero-order chi connectivity index (χ0) is 18.7. The Balaban J connectivity index is 0.00000280. The van der Waals surface area contributed by atoms with E-state index in [9.17, 15) is 0 Å². The van der Waals surface area contributed by atoms with E-state index in [1.165, 1.54) is 0 Å². The molecule has 2 N–H and O–H groups in total. The highest BCUT2D eigenvalue weighted by atomic mass is 127. The van der Waals surface area contributed by atoms with Crippen LogP contribution in [-0.2, 0) is 15.9 Å². The number of fused-ring (bicyclic) bond motifs is 1. The molecule has 0 aliphatic carbocycles. The number of nitrogens with zero attached hydrogens (tertiary/aromatic N) is 4. The molecule has 1 aliphatic rings. The fourth-order valence-electron chi connectivity index (χ4n) is 3.00. The molecular weight excluding hydrogens is 471 g/mol. The highest BCUT2D eigenvalue weighted by Crippen LogP contribution is 2.08. The second-order valence-electron chi connectivity index (χ2n) is 6.55. The molecule has 156 valence electrons. The van der Waals surface area contributed by atoms with Crippen LogP contribution in [0.15, 0.2) is 29.4 Å². The lowest BCUT2D eigenvalue weighted by molar-refractivity contribution is 0.0420. The van der Waals surface area contributed by atoms with Gasteiger partial charge in [0.15, 0.2) is 11.6 Å². The molecule has 1 unspecified atom stereocenters. The van der Waals surface area contributed by atoms with E-state index in [1.807, 2.05) is 28.8 Å². The van der Waals surface area contributed by atoms with Gasteiger partial charge >= 0.3 is 0 Å². The van der Waals surface area contributed by atoms with E-state index in [4.69, 9.17) is 9.47 Å². The number of aliphatic imine (C=N–C) groups is 1. The second-order valence-corrected chi connectivity index (χ2v) is 6.55. The summed E-state index contributed by atoms with van der Waals surface area (Å²) in [6, 6.07) is 5.93. The first kappa shape index (κ1) is 22.8. The topological polar surface area (TPSA) is 85.1 Å². The quantitative estimate of drug-likeness (QED) is 0.224. The van der Waals surface area contributed by atoms with Crippen molar-refractivity contribution in [3.63, 3.8) is 0 Å². The van der Waals surface area contributed by atoms with Gasteiger partial charge in [-0.05, 0) is 38.3 Å². The standard InChI is InChI=1S/C19H30N6O2.HI/c1-2-20-19(22-11-6-13-27-16-9-14-26-15-16)21-10-5-8-18-24-23-17-7-3-4-12-25(17)18;/h3-4,7,12,16H,2,5-6,8-11,13-15H2,1H3,(H2,20,21,22);1H. The Morgan fingerprint density at radius 3 is 3.07 bits per heavy atom. The highest BCUT2D eigenvalue weighted by molar-refractivity contribution is 14.0. The molecule has 3 heterocycles. The number of hydrogen-bond donors (Lipinski definition) is 2. The van der Waals surface area contributed by atoms with Crippen LogP contribution >= 0.6 is 24.0 Å². The smallest absolute Gasteiger partial charge is 0.191 e. The van der Waals surface area contributed by atoms with Crippen molar-refractivity contribution < 1.29 is 9.47 Å². The van der Waals surface area contributed by atoms with Gasteiger partial charge in [-0.15, -0.1) is 34.2 Å². The van der Waals surface area contributed by atoms with E-state index in [0.29, 0.717) is 0 Å². The first-order chi connectivity index (χ1) is 13.4. The van der Waals surface area contributed by atoms with Crippen molar-refractivity contribution in [3.8, 4) is 0 Å². The molecule has 1 aliphatic heterocycles. The Morgan fingerprint density at radius 1 is 1.32 bits per heavy atom. The molecule has 2 aromatic rings. The Hall–Kier alpha value is -1.46. The van der Waals surface area contributed by atoms with Crippen LogP contribution in [0.3, 0.4) is 0 Å². The van der Waals surface area contributed by atoms with Crippen molar-refractivity contribution in [1.82, 2.24) is 25.2 Å². The van der Waals surface area contributed by atoms with E-state index < -0.39 is 0 Å². The number of guanidine groups is 1. The molecule has 0 amide bonds. The lowest BCUT2D eigenvalue weighted by Crippen LogP contribution is -2.38. The van der Waals surface area contributed by atoms with Gasteiger partial charge in [-0.2, -0.15) is 0 Å². The van der Waals surface area contributed by atoms with E-state index in [0.717, 1.165) is 82.6 Å². The summed E-state index contributed by atoms with van der Waals surface area (Å²) in [4.78, 5) is 4.64. The van der Waals surface area contributed by atoms with Crippen LogP contribution in [0.1, 0.15) is 32.0 Å². The summed E-state index contributed by atoms with van der Waals surface area (Å²) in [5.74, 6) is 1.83. The largest absolute Gasteiger partial charge is 0.379 e. The summed E-state index contributed by atoms with van der Waals surface area (Å²) in [7, 11) is 0. The summed E-state index contributed by atoms with van der Waals surface area (Å²) in [6.07, 6.45) is 6.02. The maximum Gasteiger partial charge on any atom is 0.191 e. The van der Waals surface area contributed by atoms with Crippen molar-refractivity contribution in [2.75, 3.05) is 39.5 Å². The molecule has 0 radical (unpaired) electrons. The van der Waals surface area contributed by atoms with E-state index >= 15 is 0 Å². The maximum absolute atomic E-state index is 5.78. The fraction of sp³-hybridized carbons (Fsp3) is 0.632. The summed E-state index contributed by atoms with van der Waals surface area (Å²) in [5, 5.41) is 15.1. The van der Waals surface area contributed by atoms with Crippen LogP contribution in [0.5, 0.6) is 0 Å². The first-order valence-electron chi connectivity index (χ1n) is 9.87. The van der Waals surface area contributed by atoms with Gasteiger partial charge in [0.1, 0.15) is 5.82 Å². The van der Waals surface area contributed by atoms with Gasteiger partial charge in [-0.1, -0.05) is 6.07 Å². The summed E-state index contributed by atoms with van der Waals surface area (Å²) < 4.78 is 13.1. The summed E-state index contributed by atoms with van der Waals surface area (Å²) in [5.41, 5.74) is 0.886. The molecule has 0 saturated carbocycles. The van der Waals surface area contributed by atoms with Crippen molar-refractivity contribution in [2.24, 2.45) is 4.99 Å². The van der Waals surface area contributed by atoms with Crippen LogP contribution in [0.4, 0.5) is 0 Å². The van der Waals surface area contributed by atoms with Crippen LogP contribution in [0, 0.1) is 0 Å². The molecule has 0 aromatic carbocycles. The number of aryl methyl sites for hydroxylation is 1. The van der Waals surface area contributed by atoms with Gasteiger partial charge in [0.2, 0.25) is 0 Å². The van der Waals surface area contributed by atoms with Crippen molar-refractivity contribution >= 4 is 35.6 Å². The molecule has 1 fully saturated rings. The van der Waals surface area contributed by atoms with Gasteiger partial charge in [-0.3, -0.25) is 9.39 Å². The summed E-state index contributed by atoms with van der Waals surface area (Å²) in [6.45, 7) is 6.81. The minimum Gasteiger partial charge on any atom is -0.379 e. The number of rotatable bonds is 10. The first-order valence-corrected chi connectivity index (χ1v) is 9.87. The molecular formula is C19H31IN6O2. The van der Waals surface area contributed by atoms with Gasteiger partial charge in [0, 0.05) is 45.5 Å². The average molecular weight is 502 g/mol. The predicted octanol–water partition coefficient (Wildman–Crippen LogP) is 2.03. The molecule has 1 saturated heterocycles. The van der Waals surface area contributed by atoms with Crippen LogP contribution in [-0.4, -0.2) is 66.1 Å². The van der Waals surface area contributed by atoms with Crippen LogP contribution in [0.25, 0.3) is 5.65 Å². The van der Waals surface area contributed by atoms with Gasteiger partial charge in [0.25, 0.3) is 0 Å². The minimum absolute atomic E-state index is 0. The molecule has 0 bridgehead atoms. The van der Waals surface area contributed by atoms with Gasteiger partial charge in [-0.25, -0.2) is 0 Å². The van der Waals surface area contributed by atoms with Gasteiger partial charge in [0.05, 0.1) is 12.7 Å². The molecule has 8 nitrogen and oxygen atoms in total. The fourth-order valence-corrected chi connectivity index (χ4v) is 3.00.